The van der Waals surface area contributed by atoms with Crippen LogP contribution in [-0.2, 0) is 0 Å². The number of aliphatic hydroxyl groups excluding tert-OH is 1. The monoisotopic (exact) mass is 207 g/mol. The highest BCUT2D eigenvalue weighted by Gasteiger charge is 2.25. The van der Waals surface area contributed by atoms with Crippen LogP contribution in [0.4, 0.5) is 5.95 Å². The average Bonchev–Trinajstić information content (AvgIpc) is 2.77. The maximum Gasteiger partial charge on any atom is 0.225 e. The van der Waals surface area contributed by atoms with Crippen molar-refractivity contribution in [2.24, 2.45) is 0 Å². The maximum absolute atomic E-state index is 10.4. The van der Waals surface area contributed by atoms with E-state index in [4.69, 9.17) is 5.11 Å². The largest absolute Gasteiger partial charge is 0.394 e. The fourth-order valence-corrected chi connectivity index (χ4v) is 1.83. The number of hydrogen-bond donors (Lipinski definition) is 1. The number of aromatic nitrogens is 2. The third-order valence-corrected chi connectivity index (χ3v) is 2.64. The predicted octanol–water partition coefficient (Wildman–Crippen LogP) is 0.250. The Hall–Kier alpha value is -1.49. The van der Waals surface area contributed by atoms with Gasteiger partial charge in [-0.15, -0.1) is 0 Å². The van der Waals surface area contributed by atoms with Gasteiger partial charge in [0.1, 0.15) is 0 Å². The number of aliphatic hydroxyl groups is 1. The molecule has 0 unspecified atom stereocenters. The van der Waals surface area contributed by atoms with Gasteiger partial charge >= 0.3 is 0 Å². The van der Waals surface area contributed by atoms with Crippen molar-refractivity contribution in [1.29, 1.82) is 0 Å². The molecule has 0 aromatic carbocycles. The molecule has 1 atom stereocenters. The Morgan fingerprint density at radius 2 is 2.27 bits per heavy atom. The first kappa shape index (κ1) is 10.0. The van der Waals surface area contributed by atoms with E-state index in [0.717, 1.165) is 25.7 Å². The number of rotatable bonds is 3. The molecule has 0 bridgehead atoms. The highest BCUT2D eigenvalue weighted by molar-refractivity contribution is 5.73. The minimum Gasteiger partial charge on any atom is -0.394 e. The van der Waals surface area contributed by atoms with E-state index in [1.54, 1.807) is 0 Å². The molecular formula is C10H13N3O2. The molecule has 1 saturated heterocycles. The maximum atomic E-state index is 10.4. The van der Waals surface area contributed by atoms with E-state index in [0.29, 0.717) is 11.5 Å². The topological polar surface area (TPSA) is 66.3 Å². The molecule has 80 valence electrons. The summed E-state index contributed by atoms with van der Waals surface area (Å²) in [7, 11) is 0. The first-order valence-corrected chi connectivity index (χ1v) is 5.00. The third-order valence-electron chi connectivity index (χ3n) is 2.64. The summed E-state index contributed by atoms with van der Waals surface area (Å²) in [6.45, 7) is 0.991. The number of carbonyl (C=O) groups is 1. The van der Waals surface area contributed by atoms with Crippen molar-refractivity contribution in [2.45, 2.75) is 18.9 Å². The lowest BCUT2D eigenvalue weighted by Crippen LogP contribution is -2.33. The number of aldehydes is 1. The molecule has 1 aromatic heterocycles. The molecule has 1 fully saturated rings. The van der Waals surface area contributed by atoms with Crippen molar-refractivity contribution in [1.82, 2.24) is 9.97 Å². The first-order chi connectivity index (χ1) is 7.35. The summed E-state index contributed by atoms with van der Waals surface area (Å²) in [6.07, 6.45) is 5.74. The minimum atomic E-state index is 0.118. The molecule has 15 heavy (non-hydrogen) atoms. The van der Waals surface area contributed by atoms with Crippen molar-refractivity contribution in [2.75, 3.05) is 18.1 Å². The quantitative estimate of drug-likeness (QED) is 0.720. The molecule has 0 radical (unpaired) electrons. The van der Waals surface area contributed by atoms with Gasteiger partial charge in [0.15, 0.2) is 6.29 Å². The van der Waals surface area contributed by atoms with Gasteiger partial charge in [0, 0.05) is 18.9 Å². The Morgan fingerprint density at radius 3 is 2.87 bits per heavy atom. The zero-order chi connectivity index (χ0) is 10.7. The highest BCUT2D eigenvalue weighted by atomic mass is 16.3. The smallest absolute Gasteiger partial charge is 0.225 e. The van der Waals surface area contributed by atoms with Gasteiger partial charge in [-0.25, -0.2) is 9.97 Å². The molecule has 1 aromatic rings. The molecule has 0 amide bonds. The fraction of sp³-hybridized carbons (Fsp3) is 0.500. The SMILES string of the molecule is O=Cc1cnc(N2CCC[C@@H]2CO)nc1. The van der Waals surface area contributed by atoms with Gasteiger partial charge in [-0.2, -0.15) is 0 Å². The summed E-state index contributed by atoms with van der Waals surface area (Å²) < 4.78 is 0. The molecule has 2 heterocycles. The molecule has 2 rings (SSSR count). The molecule has 1 aliphatic rings. The Morgan fingerprint density at radius 1 is 1.53 bits per heavy atom. The van der Waals surface area contributed by atoms with Crippen LogP contribution in [0.2, 0.25) is 0 Å². The summed E-state index contributed by atoms with van der Waals surface area (Å²) in [5, 5.41) is 9.15. The van der Waals surface area contributed by atoms with Crippen LogP contribution < -0.4 is 4.90 Å². The van der Waals surface area contributed by atoms with E-state index in [9.17, 15) is 4.79 Å². The van der Waals surface area contributed by atoms with Gasteiger partial charge in [0.05, 0.1) is 18.2 Å². The van der Waals surface area contributed by atoms with Crippen molar-refractivity contribution in [3.8, 4) is 0 Å². The van der Waals surface area contributed by atoms with Crippen LogP contribution in [0, 0.1) is 0 Å². The molecule has 0 spiro atoms. The second-order valence-corrected chi connectivity index (χ2v) is 3.61. The zero-order valence-corrected chi connectivity index (χ0v) is 8.33. The predicted molar refractivity (Wildman–Crippen MR) is 54.9 cm³/mol. The summed E-state index contributed by atoms with van der Waals surface area (Å²) >= 11 is 0. The van der Waals surface area contributed by atoms with Crippen LogP contribution in [0.1, 0.15) is 23.2 Å². The van der Waals surface area contributed by atoms with Gasteiger partial charge in [-0.1, -0.05) is 0 Å². The van der Waals surface area contributed by atoms with Crippen molar-refractivity contribution in [3.63, 3.8) is 0 Å². The summed E-state index contributed by atoms with van der Waals surface area (Å²) in [5.41, 5.74) is 0.471. The number of nitrogens with zero attached hydrogens (tertiary/aromatic N) is 3. The zero-order valence-electron chi connectivity index (χ0n) is 8.33. The van der Waals surface area contributed by atoms with Crippen molar-refractivity contribution < 1.29 is 9.90 Å². The molecule has 5 heteroatoms. The lowest BCUT2D eigenvalue weighted by molar-refractivity contribution is 0.112. The van der Waals surface area contributed by atoms with Crippen LogP contribution in [0.15, 0.2) is 12.4 Å². The number of anilines is 1. The minimum absolute atomic E-state index is 0.118. The number of carbonyl (C=O) groups excluding carboxylic acids is 1. The summed E-state index contributed by atoms with van der Waals surface area (Å²) in [4.78, 5) is 20.6. The van der Waals surface area contributed by atoms with Crippen LogP contribution in [-0.4, -0.2) is 40.6 Å². The molecule has 0 aliphatic carbocycles. The average molecular weight is 207 g/mol. The fourth-order valence-electron chi connectivity index (χ4n) is 1.83. The van der Waals surface area contributed by atoms with Gasteiger partial charge in [-0.05, 0) is 12.8 Å². The summed E-state index contributed by atoms with van der Waals surface area (Å²) in [5.74, 6) is 0.595. The summed E-state index contributed by atoms with van der Waals surface area (Å²) in [6, 6.07) is 0.118. The molecule has 0 saturated carbocycles. The van der Waals surface area contributed by atoms with E-state index in [1.165, 1.54) is 12.4 Å². The Labute approximate surface area is 87.8 Å². The standard InChI is InChI=1S/C10H13N3O2/c14-6-8-4-11-10(12-5-8)13-3-1-2-9(13)7-15/h4-6,9,15H,1-3,7H2/t9-/m1/s1. The van der Waals surface area contributed by atoms with E-state index >= 15 is 0 Å². The number of hydrogen-bond acceptors (Lipinski definition) is 5. The van der Waals surface area contributed by atoms with Crippen LogP contribution in [0.5, 0.6) is 0 Å². The Balaban J connectivity index is 2.17. The van der Waals surface area contributed by atoms with Gasteiger partial charge < -0.3 is 10.0 Å². The van der Waals surface area contributed by atoms with E-state index in [2.05, 4.69) is 9.97 Å². The first-order valence-electron chi connectivity index (χ1n) is 5.00. The van der Waals surface area contributed by atoms with Crippen LogP contribution in [0.25, 0.3) is 0 Å². The van der Waals surface area contributed by atoms with Gasteiger partial charge in [0.25, 0.3) is 0 Å². The van der Waals surface area contributed by atoms with Crippen molar-refractivity contribution >= 4 is 12.2 Å². The lowest BCUT2D eigenvalue weighted by atomic mass is 10.2. The van der Waals surface area contributed by atoms with E-state index in [1.807, 2.05) is 4.90 Å². The molecule has 1 N–H and O–H groups in total. The Kier molecular flexibility index (Phi) is 2.91. The molecule has 1 aliphatic heterocycles. The third kappa shape index (κ3) is 1.97. The van der Waals surface area contributed by atoms with Gasteiger partial charge in [0.2, 0.25) is 5.95 Å². The van der Waals surface area contributed by atoms with Crippen LogP contribution in [0.3, 0.4) is 0 Å². The second kappa shape index (κ2) is 4.35. The lowest BCUT2D eigenvalue weighted by Gasteiger charge is -2.22. The molecule has 5 nitrogen and oxygen atoms in total. The van der Waals surface area contributed by atoms with Crippen molar-refractivity contribution in [3.05, 3.63) is 18.0 Å². The van der Waals surface area contributed by atoms with Gasteiger partial charge in [-0.3, -0.25) is 4.79 Å². The normalized spacial score (nSPS) is 20.6. The van der Waals surface area contributed by atoms with E-state index < -0.39 is 0 Å². The Bertz CT molecular complexity index is 339. The molecular weight excluding hydrogens is 194 g/mol. The second-order valence-electron chi connectivity index (χ2n) is 3.61. The van der Waals surface area contributed by atoms with E-state index in [-0.39, 0.29) is 12.6 Å². The highest BCUT2D eigenvalue weighted by Crippen LogP contribution is 2.21. The van der Waals surface area contributed by atoms with Crippen LogP contribution >= 0.6 is 0 Å².